The van der Waals surface area contributed by atoms with Gasteiger partial charge in [0.1, 0.15) is 0 Å². The molecule has 0 radical (unpaired) electrons. The first kappa shape index (κ1) is 14.4. The van der Waals surface area contributed by atoms with Gasteiger partial charge in [0.15, 0.2) is 5.75 Å². The van der Waals surface area contributed by atoms with Crippen molar-refractivity contribution in [2.24, 2.45) is 0 Å². The van der Waals surface area contributed by atoms with Crippen molar-refractivity contribution in [1.29, 1.82) is 0 Å². The lowest BCUT2D eigenvalue weighted by Crippen LogP contribution is -2.09. The normalized spacial score (nSPS) is 10.8. The number of hydrogen-bond donors (Lipinski definition) is 1. The second-order valence-corrected chi connectivity index (χ2v) is 5.93. The van der Waals surface area contributed by atoms with Gasteiger partial charge in [-0.25, -0.2) is 5.10 Å². The number of hydrogen-bond acceptors (Lipinski definition) is 3. The van der Waals surface area contributed by atoms with Crippen molar-refractivity contribution in [3.63, 3.8) is 0 Å². The highest BCUT2D eigenvalue weighted by Gasteiger charge is 2.14. The Morgan fingerprint density at radius 1 is 1.10 bits per heavy atom. The maximum Gasteiger partial charge on any atom is 0.272 e. The van der Waals surface area contributed by atoms with E-state index in [2.05, 4.69) is 26.1 Å². The molecular weight excluding hydrogens is 379 g/mol. The summed E-state index contributed by atoms with van der Waals surface area (Å²) in [7, 11) is 0. The maximum absolute atomic E-state index is 11.7. The van der Waals surface area contributed by atoms with Crippen molar-refractivity contribution in [3.8, 4) is 11.6 Å². The van der Waals surface area contributed by atoms with E-state index in [9.17, 15) is 4.79 Å². The first-order chi connectivity index (χ1) is 10.1. The van der Waals surface area contributed by atoms with Gasteiger partial charge in [-0.1, -0.05) is 51.3 Å². The average molecular weight is 386 g/mol. The van der Waals surface area contributed by atoms with E-state index >= 15 is 0 Å². The summed E-state index contributed by atoms with van der Waals surface area (Å²) < 4.78 is 6.44. The Morgan fingerprint density at radius 3 is 2.38 bits per heavy atom. The van der Waals surface area contributed by atoms with Crippen LogP contribution < -0.4 is 10.3 Å². The van der Waals surface area contributed by atoms with Crippen LogP contribution in [0.4, 0.5) is 0 Å². The predicted molar refractivity (Wildman–Crippen MR) is 86.6 cm³/mol. The number of benzene rings is 2. The lowest BCUT2D eigenvalue weighted by Gasteiger charge is -2.10. The van der Waals surface area contributed by atoms with Crippen molar-refractivity contribution in [2.75, 3.05) is 0 Å². The van der Waals surface area contributed by atoms with Crippen LogP contribution in [0.15, 0.2) is 45.7 Å². The van der Waals surface area contributed by atoms with Crippen LogP contribution in [-0.4, -0.2) is 10.2 Å². The first-order valence-corrected chi connectivity index (χ1v) is 7.41. The molecule has 1 N–H and O–H groups in total. The quantitative estimate of drug-likeness (QED) is 0.690. The lowest BCUT2D eigenvalue weighted by molar-refractivity contribution is 0.461. The fourth-order valence-electron chi connectivity index (χ4n) is 1.89. The van der Waals surface area contributed by atoms with E-state index in [0.29, 0.717) is 20.8 Å². The molecule has 1 aromatic heterocycles. The highest BCUT2D eigenvalue weighted by Crippen LogP contribution is 2.39. The third-order valence-corrected chi connectivity index (χ3v) is 3.84. The van der Waals surface area contributed by atoms with E-state index in [0.717, 1.165) is 4.47 Å². The van der Waals surface area contributed by atoms with Crippen LogP contribution in [0.5, 0.6) is 11.6 Å². The van der Waals surface area contributed by atoms with E-state index in [1.807, 2.05) is 0 Å². The first-order valence-electron chi connectivity index (χ1n) is 5.86. The fraction of sp³-hybridized carbons (Fsp3) is 0. The highest BCUT2D eigenvalue weighted by molar-refractivity contribution is 9.10. The number of nitrogens with zero attached hydrogens (tertiary/aromatic N) is 1. The fourth-order valence-corrected chi connectivity index (χ4v) is 3.18. The number of fused-ring (bicyclic) bond motifs is 1. The average Bonchev–Trinajstić information content (AvgIpc) is 2.45. The zero-order chi connectivity index (χ0) is 15.0. The van der Waals surface area contributed by atoms with Gasteiger partial charge in [0.2, 0.25) is 5.88 Å². The second-order valence-electron chi connectivity index (χ2n) is 4.20. The Balaban J connectivity index is 2.16. The van der Waals surface area contributed by atoms with Crippen LogP contribution in [0, 0.1) is 0 Å². The molecule has 1 heterocycles. The standard InChI is InChI=1S/C14H7BrCl2N2O2/c15-7-5-10(16)12(11(17)6-7)21-14-9-4-2-1-3-8(9)13(20)18-19-14/h1-6H,(H,18,20). The zero-order valence-electron chi connectivity index (χ0n) is 10.4. The molecule has 0 saturated carbocycles. The van der Waals surface area contributed by atoms with Gasteiger partial charge in [-0.2, -0.15) is 0 Å². The minimum atomic E-state index is -0.286. The van der Waals surface area contributed by atoms with E-state index in [-0.39, 0.29) is 17.2 Å². The van der Waals surface area contributed by atoms with Crippen molar-refractivity contribution < 1.29 is 4.74 Å². The molecule has 3 aromatic rings. The summed E-state index contributed by atoms with van der Waals surface area (Å²) in [4.78, 5) is 11.7. The highest BCUT2D eigenvalue weighted by atomic mass is 79.9. The number of ether oxygens (including phenoxy) is 1. The topological polar surface area (TPSA) is 55.0 Å². The van der Waals surface area contributed by atoms with Gasteiger partial charge >= 0.3 is 0 Å². The van der Waals surface area contributed by atoms with E-state index in [1.165, 1.54) is 0 Å². The molecule has 0 atom stereocenters. The largest absolute Gasteiger partial charge is 0.434 e. The summed E-state index contributed by atoms with van der Waals surface area (Å²) in [6.07, 6.45) is 0. The summed E-state index contributed by atoms with van der Waals surface area (Å²) in [5.41, 5.74) is -0.286. The Labute approximate surface area is 137 Å². The number of rotatable bonds is 2. The molecule has 0 spiro atoms. The van der Waals surface area contributed by atoms with Crippen LogP contribution in [0.25, 0.3) is 10.8 Å². The maximum atomic E-state index is 11.7. The summed E-state index contributed by atoms with van der Waals surface area (Å²) in [5, 5.41) is 8.04. The monoisotopic (exact) mass is 384 g/mol. The van der Waals surface area contributed by atoms with Gasteiger partial charge in [-0.05, 0) is 24.3 Å². The zero-order valence-corrected chi connectivity index (χ0v) is 13.5. The second kappa shape index (κ2) is 5.67. The van der Waals surface area contributed by atoms with Crippen molar-refractivity contribution in [3.05, 3.63) is 61.3 Å². The van der Waals surface area contributed by atoms with Gasteiger partial charge in [-0.3, -0.25) is 4.79 Å². The Hall–Kier alpha value is -1.56. The Kier molecular flexibility index (Phi) is 3.89. The molecule has 0 bridgehead atoms. The van der Waals surface area contributed by atoms with Gasteiger partial charge in [0, 0.05) is 4.47 Å². The van der Waals surface area contributed by atoms with Crippen LogP contribution in [0.3, 0.4) is 0 Å². The number of aromatic nitrogens is 2. The molecule has 0 unspecified atom stereocenters. The number of aromatic amines is 1. The van der Waals surface area contributed by atoms with E-state index < -0.39 is 0 Å². The predicted octanol–water partition coefficient (Wildman–Crippen LogP) is 4.78. The van der Waals surface area contributed by atoms with E-state index in [4.69, 9.17) is 27.9 Å². The minimum absolute atomic E-state index is 0.233. The SMILES string of the molecule is O=c1[nH]nc(Oc2c(Cl)cc(Br)cc2Cl)c2ccccc12. The van der Waals surface area contributed by atoms with Crippen molar-refractivity contribution >= 4 is 49.9 Å². The lowest BCUT2D eigenvalue weighted by atomic mass is 10.2. The molecule has 0 amide bonds. The molecule has 0 aliphatic carbocycles. The molecule has 21 heavy (non-hydrogen) atoms. The smallest absolute Gasteiger partial charge is 0.272 e. The van der Waals surface area contributed by atoms with E-state index in [1.54, 1.807) is 36.4 Å². The summed E-state index contributed by atoms with van der Waals surface area (Å²) in [6.45, 7) is 0. The third-order valence-electron chi connectivity index (χ3n) is 2.82. The molecule has 0 aliphatic rings. The minimum Gasteiger partial charge on any atom is -0.434 e. The third kappa shape index (κ3) is 2.77. The van der Waals surface area contributed by atoms with Gasteiger partial charge < -0.3 is 4.74 Å². The molecular formula is C14H7BrCl2N2O2. The number of nitrogens with one attached hydrogen (secondary N) is 1. The summed E-state index contributed by atoms with van der Waals surface area (Å²) in [6, 6.07) is 10.3. The summed E-state index contributed by atoms with van der Waals surface area (Å²) >= 11 is 15.6. The van der Waals surface area contributed by atoms with Crippen molar-refractivity contribution in [1.82, 2.24) is 10.2 Å². The molecule has 0 aliphatic heterocycles. The molecule has 0 fully saturated rings. The van der Waals surface area contributed by atoms with Crippen LogP contribution in [-0.2, 0) is 0 Å². The molecule has 7 heteroatoms. The molecule has 4 nitrogen and oxygen atoms in total. The summed E-state index contributed by atoms with van der Waals surface area (Å²) in [5.74, 6) is 0.516. The van der Waals surface area contributed by atoms with Crippen LogP contribution >= 0.6 is 39.1 Å². The molecule has 106 valence electrons. The van der Waals surface area contributed by atoms with Gasteiger partial charge in [0.25, 0.3) is 5.56 Å². The van der Waals surface area contributed by atoms with Gasteiger partial charge in [-0.15, -0.1) is 5.10 Å². The molecule has 3 rings (SSSR count). The number of halogens is 3. The Morgan fingerprint density at radius 2 is 1.71 bits per heavy atom. The van der Waals surface area contributed by atoms with Crippen LogP contribution in [0.2, 0.25) is 10.0 Å². The van der Waals surface area contributed by atoms with Crippen LogP contribution in [0.1, 0.15) is 0 Å². The Bertz CT molecular complexity index is 873. The number of H-pyrrole nitrogens is 1. The molecule has 0 saturated heterocycles. The van der Waals surface area contributed by atoms with Crippen molar-refractivity contribution in [2.45, 2.75) is 0 Å². The molecule has 2 aromatic carbocycles. The van der Waals surface area contributed by atoms with Gasteiger partial charge in [0.05, 0.1) is 20.8 Å².